The van der Waals surface area contributed by atoms with Crippen LogP contribution < -0.4 is 15.8 Å². The van der Waals surface area contributed by atoms with Crippen molar-refractivity contribution >= 4 is 28.8 Å². The van der Waals surface area contributed by atoms with Crippen LogP contribution in [0.5, 0.6) is 5.75 Å². The van der Waals surface area contributed by atoms with E-state index < -0.39 is 5.41 Å². The van der Waals surface area contributed by atoms with E-state index in [1.54, 1.807) is 25.3 Å². The van der Waals surface area contributed by atoms with Crippen LogP contribution in [0.3, 0.4) is 0 Å². The molecule has 3 N–H and O–H groups in total. The van der Waals surface area contributed by atoms with Crippen molar-refractivity contribution in [1.29, 1.82) is 0 Å². The number of ether oxygens (including phenoxy) is 1. The van der Waals surface area contributed by atoms with E-state index in [4.69, 9.17) is 22.7 Å². The fraction of sp³-hybridized carbons (Fsp3) is 0.429. The largest absolute Gasteiger partial charge is 0.495 e. The van der Waals surface area contributed by atoms with Gasteiger partial charge in [0.1, 0.15) is 10.7 Å². The van der Waals surface area contributed by atoms with Crippen LogP contribution in [-0.2, 0) is 4.79 Å². The molecule has 0 saturated heterocycles. The molecule has 1 aromatic rings. The van der Waals surface area contributed by atoms with Gasteiger partial charge >= 0.3 is 0 Å². The van der Waals surface area contributed by atoms with Crippen LogP contribution in [0, 0.1) is 5.41 Å². The SMILES string of the molecule is CCC(C)(C)C(=O)Nc1ccc(C(N)=S)cc1OC. The molecule has 0 atom stereocenters. The van der Waals surface area contributed by atoms with Gasteiger partial charge in [-0.3, -0.25) is 4.79 Å². The van der Waals surface area contributed by atoms with Crippen molar-refractivity contribution in [2.75, 3.05) is 12.4 Å². The second-order valence-corrected chi connectivity index (χ2v) is 5.41. The lowest BCUT2D eigenvalue weighted by molar-refractivity contribution is -0.124. The van der Waals surface area contributed by atoms with Crippen LogP contribution in [0.1, 0.15) is 32.8 Å². The summed E-state index contributed by atoms with van der Waals surface area (Å²) < 4.78 is 5.25. The van der Waals surface area contributed by atoms with Crippen molar-refractivity contribution in [3.63, 3.8) is 0 Å². The van der Waals surface area contributed by atoms with E-state index in [1.165, 1.54) is 0 Å². The summed E-state index contributed by atoms with van der Waals surface area (Å²) in [6.07, 6.45) is 0.756. The van der Waals surface area contributed by atoms with Crippen LogP contribution in [0.25, 0.3) is 0 Å². The second kappa shape index (κ2) is 6.02. The molecule has 1 amide bonds. The maximum atomic E-state index is 12.1. The summed E-state index contributed by atoms with van der Waals surface area (Å²) in [5.74, 6) is 0.502. The molecule has 0 aromatic heterocycles. The highest BCUT2D eigenvalue weighted by atomic mass is 32.1. The first-order chi connectivity index (χ1) is 8.81. The number of anilines is 1. The number of rotatable bonds is 5. The molecule has 0 fully saturated rings. The standard InChI is InChI=1S/C14H20N2O2S/c1-5-14(2,3)13(17)16-10-7-6-9(12(15)19)8-11(10)18-4/h6-8H,5H2,1-4H3,(H2,15,19)(H,16,17). The zero-order valence-electron chi connectivity index (χ0n) is 11.7. The van der Waals surface area contributed by atoms with Gasteiger partial charge < -0.3 is 15.8 Å². The molecule has 1 aromatic carbocycles. The molecule has 0 saturated carbocycles. The van der Waals surface area contributed by atoms with E-state index in [9.17, 15) is 4.79 Å². The maximum absolute atomic E-state index is 12.1. The van der Waals surface area contributed by atoms with Crippen LogP contribution in [0.2, 0.25) is 0 Å². The van der Waals surface area contributed by atoms with Gasteiger partial charge in [-0.15, -0.1) is 0 Å². The first-order valence-electron chi connectivity index (χ1n) is 6.11. The normalized spacial score (nSPS) is 10.9. The van der Waals surface area contributed by atoms with Crippen molar-refractivity contribution in [2.45, 2.75) is 27.2 Å². The summed E-state index contributed by atoms with van der Waals surface area (Å²) in [6.45, 7) is 5.78. The molecule has 0 radical (unpaired) electrons. The number of benzene rings is 1. The molecule has 0 bridgehead atoms. The lowest BCUT2D eigenvalue weighted by atomic mass is 9.89. The average Bonchev–Trinajstić information content (AvgIpc) is 2.38. The highest BCUT2D eigenvalue weighted by molar-refractivity contribution is 7.80. The van der Waals surface area contributed by atoms with Gasteiger partial charge in [0.05, 0.1) is 12.8 Å². The molecule has 4 nitrogen and oxygen atoms in total. The summed E-state index contributed by atoms with van der Waals surface area (Å²) in [7, 11) is 1.54. The zero-order chi connectivity index (χ0) is 14.6. The number of thiocarbonyl (C=S) groups is 1. The number of carbonyl (C=O) groups excluding carboxylic acids is 1. The minimum atomic E-state index is -0.424. The van der Waals surface area contributed by atoms with Crippen molar-refractivity contribution < 1.29 is 9.53 Å². The Bertz CT molecular complexity index is 498. The monoisotopic (exact) mass is 280 g/mol. The van der Waals surface area contributed by atoms with Crippen LogP contribution in [-0.4, -0.2) is 18.0 Å². The summed E-state index contributed by atoms with van der Waals surface area (Å²) in [4.78, 5) is 12.4. The molecule has 19 heavy (non-hydrogen) atoms. The number of methoxy groups -OCH3 is 1. The maximum Gasteiger partial charge on any atom is 0.230 e. The minimum absolute atomic E-state index is 0.0450. The van der Waals surface area contributed by atoms with Gasteiger partial charge in [-0.1, -0.05) is 33.0 Å². The second-order valence-electron chi connectivity index (χ2n) is 4.97. The zero-order valence-corrected chi connectivity index (χ0v) is 12.6. The fourth-order valence-electron chi connectivity index (χ4n) is 1.40. The van der Waals surface area contributed by atoms with Gasteiger partial charge in [0.15, 0.2) is 0 Å². The Morgan fingerprint density at radius 1 is 1.47 bits per heavy atom. The number of carbonyl (C=O) groups is 1. The first kappa shape index (κ1) is 15.4. The Labute approximate surface area is 119 Å². The van der Waals surface area contributed by atoms with Gasteiger partial charge in [0, 0.05) is 11.0 Å². The molecule has 5 heteroatoms. The van der Waals surface area contributed by atoms with Gasteiger partial charge in [-0.25, -0.2) is 0 Å². The molecule has 1 rings (SSSR count). The molecule has 0 aliphatic rings. The number of hydrogen-bond acceptors (Lipinski definition) is 3. The van der Waals surface area contributed by atoms with E-state index in [2.05, 4.69) is 5.32 Å². The Morgan fingerprint density at radius 2 is 2.11 bits per heavy atom. The Balaban J connectivity index is 3.02. The van der Waals surface area contributed by atoms with Crippen LogP contribution in [0.4, 0.5) is 5.69 Å². The predicted molar refractivity (Wildman–Crippen MR) is 81.6 cm³/mol. The van der Waals surface area contributed by atoms with Crippen molar-refractivity contribution in [3.8, 4) is 5.75 Å². The molecular weight excluding hydrogens is 260 g/mol. The highest BCUT2D eigenvalue weighted by Gasteiger charge is 2.26. The van der Waals surface area contributed by atoms with Gasteiger partial charge in [-0.05, 0) is 24.6 Å². The van der Waals surface area contributed by atoms with E-state index in [0.29, 0.717) is 22.0 Å². The quantitative estimate of drug-likeness (QED) is 0.814. The van der Waals surface area contributed by atoms with E-state index in [-0.39, 0.29) is 5.91 Å². The van der Waals surface area contributed by atoms with Crippen molar-refractivity contribution in [1.82, 2.24) is 0 Å². The van der Waals surface area contributed by atoms with Crippen LogP contribution in [0.15, 0.2) is 18.2 Å². The van der Waals surface area contributed by atoms with Gasteiger partial charge in [0.25, 0.3) is 0 Å². The molecule has 0 spiro atoms. The van der Waals surface area contributed by atoms with E-state index >= 15 is 0 Å². The van der Waals surface area contributed by atoms with E-state index in [1.807, 2.05) is 20.8 Å². The molecule has 0 aliphatic heterocycles. The number of nitrogens with one attached hydrogen (secondary N) is 1. The van der Waals surface area contributed by atoms with Crippen molar-refractivity contribution in [2.24, 2.45) is 11.1 Å². The predicted octanol–water partition coefficient (Wildman–Crippen LogP) is 2.70. The van der Waals surface area contributed by atoms with Crippen LogP contribution >= 0.6 is 12.2 Å². The summed E-state index contributed by atoms with van der Waals surface area (Å²) >= 11 is 4.91. The molecular formula is C14H20N2O2S. The number of hydrogen-bond donors (Lipinski definition) is 2. The third-order valence-electron chi connectivity index (χ3n) is 3.23. The smallest absolute Gasteiger partial charge is 0.230 e. The molecule has 104 valence electrons. The lowest BCUT2D eigenvalue weighted by Gasteiger charge is -2.22. The fourth-order valence-corrected chi connectivity index (χ4v) is 1.53. The van der Waals surface area contributed by atoms with Crippen molar-refractivity contribution in [3.05, 3.63) is 23.8 Å². The average molecular weight is 280 g/mol. The Kier molecular flexibility index (Phi) is 4.89. The Morgan fingerprint density at radius 3 is 2.58 bits per heavy atom. The Hall–Kier alpha value is -1.62. The van der Waals surface area contributed by atoms with Gasteiger partial charge in [0.2, 0.25) is 5.91 Å². The lowest BCUT2D eigenvalue weighted by Crippen LogP contribution is -2.30. The topological polar surface area (TPSA) is 64.4 Å². The summed E-state index contributed by atoms with van der Waals surface area (Å²) in [6, 6.07) is 5.23. The minimum Gasteiger partial charge on any atom is -0.495 e. The number of nitrogens with two attached hydrogens (primary N) is 1. The highest BCUT2D eigenvalue weighted by Crippen LogP contribution is 2.29. The summed E-state index contributed by atoms with van der Waals surface area (Å²) in [5, 5.41) is 2.87. The molecule has 0 aliphatic carbocycles. The molecule has 0 unspecified atom stereocenters. The summed E-state index contributed by atoms with van der Waals surface area (Å²) in [5.41, 5.74) is 6.47. The van der Waals surface area contributed by atoms with Gasteiger partial charge in [-0.2, -0.15) is 0 Å². The van der Waals surface area contributed by atoms with E-state index in [0.717, 1.165) is 6.42 Å². The first-order valence-corrected chi connectivity index (χ1v) is 6.52. The molecule has 0 heterocycles. The number of amides is 1. The third-order valence-corrected chi connectivity index (χ3v) is 3.47. The third kappa shape index (κ3) is 3.67.